The standard InChI is InChI=1S/C13H12BrFN4/c1-19(13-11(15)6-9(14)7-18-13)10-4-2-3-8(5-10)12(16)17/h2-7H,1H3,(H3,16,17). The fourth-order valence-electron chi connectivity index (χ4n) is 1.66. The van der Waals surface area contributed by atoms with Crippen LogP contribution in [0.25, 0.3) is 0 Å². The molecule has 0 aliphatic carbocycles. The number of amidine groups is 1. The molecule has 0 bridgehead atoms. The molecule has 0 radical (unpaired) electrons. The Morgan fingerprint density at radius 3 is 2.79 bits per heavy atom. The average Bonchev–Trinajstić information content (AvgIpc) is 2.38. The third-order valence-corrected chi connectivity index (χ3v) is 3.08. The maximum absolute atomic E-state index is 13.8. The van der Waals surface area contributed by atoms with Gasteiger partial charge >= 0.3 is 0 Å². The van der Waals surface area contributed by atoms with Crippen LogP contribution >= 0.6 is 15.9 Å². The van der Waals surface area contributed by atoms with Gasteiger partial charge in [-0.2, -0.15) is 0 Å². The zero-order valence-corrected chi connectivity index (χ0v) is 11.8. The first kappa shape index (κ1) is 13.5. The van der Waals surface area contributed by atoms with Crippen molar-refractivity contribution in [1.29, 1.82) is 5.41 Å². The zero-order chi connectivity index (χ0) is 14.0. The Balaban J connectivity index is 2.41. The number of aromatic nitrogens is 1. The second kappa shape index (κ2) is 5.36. The number of hydrogen-bond acceptors (Lipinski definition) is 3. The molecule has 2 aromatic rings. The Labute approximate surface area is 118 Å². The van der Waals surface area contributed by atoms with Crippen molar-refractivity contribution in [1.82, 2.24) is 4.98 Å². The van der Waals surface area contributed by atoms with Gasteiger partial charge in [0.1, 0.15) is 5.84 Å². The molecule has 1 aromatic carbocycles. The van der Waals surface area contributed by atoms with Gasteiger partial charge in [0.2, 0.25) is 0 Å². The molecule has 0 atom stereocenters. The lowest BCUT2D eigenvalue weighted by Crippen LogP contribution is -2.15. The highest BCUT2D eigenvalue weighted by atomic mass is 79.9. The van der Waals surface area contributed by atoms with Crippen molar-refractivity contribution in [3.8, 4) is 0 Å². The zero-order valence-electron chi connectivity index (χ0n) is 10.2. The molecule has 0 aliphatic heterocycles. The van der Waals surface area contributed by atoms with E-state index in [9.17, 15) is 4.39 Å². The van der Waals surface area contributed by atoms with Crippen LogP contribution in [-0.2, 0) is 0 Å². The number of halogens is 2. The average molecular weight is 323 g/mol. The Morgan fingerprint density at radius 1 is 1.42 bits per heavy atom. The molecule has 2 rings (SSSR count). The topological polar surface area (TPSA) is 66.0 Å². The third kappa shape index (κ3) is 2.90. The number of nitrogens with two attached hydrogens (primary N) is 1. The summed E-state index contributed by atoms with van der Waals surface area (Å²) >= 11 is 3.17. The summed E-state index contributed by atoms with van der Waals surface area (Å²) in [6, 6.07) is 8.36. The van der Waals surface area contributed by atoms with Crippen LogP contribution in [0.5, 0.6) is 0 Å². The van der Waals surface area contributed by atoms with Crippen LogP contribution in [0, 0.1) is 11.2 Å². The molecule has 0 unspecified atom stereocenters. The smallest absolute Gasteiger partial charge is 0.169 e. The largest absolute Gasteiger partial charge is 0.384 e. The van der Waals surface area contributed by atoms with Gasteiger partial charge in [0.25, 0.3) is 0 Å². The number of rotatable bonds is 3. The molecule has 0 amide bonds. The summed E-state index contributed by atoms with van der Waals surface area (Å²) in [5.74, 6) is -0.242. The van der Waals surface area contributed by atoms with Crippen molar-refractivity contribution in [2.45, 2.75) is 0 Å². The normalized spacial score (nSPS) is 10.3. The Hall–Kier alpha value is -1.95. The minimum absolute atomic E-state index is 0.0283. The summed E-state index contributed by atoms with van der Waals surface area (Å²) in [6.45, 7) is 0. The monoisotopic (exact) mass is 322 g/mol. The van der Waals surface area contributed by atoms with Gasteiger partial charge < -0.3 is 10.6 Å². The second-order valence-electron chi connectivity index (χ2n) is 3.98. The maximum Gasteiger partial charge on any atom is 0.169 e. The first-order valence-corrected chi connectivity index (χ1v) is 6.27. The lowest BCUT2D eigenvalue weighted by atomic mass is 10.2. The van der Waals surface area contributed by atoms with E-state index in [2.05, 4.69) is 20.9 Å². The molecule has 1 aromatic heterocycles. The Morgan fingerprint density at radius 2 is 2.16 bits per heavy atom. The quantitative estimate of drug-likeness (QED) is 0.674. The lowest BCUT2D eigenvalue weighted by molar-refractivity contribution is 0.620. The van der Waals surface area contributed by atoms with Gasteiger partial charge in [-0.25, -0.2) is 9.37 Å². The summed E-state index contributed by atoms with van der Waals surface area (Å²) in [7, 11) is 1.71. The summed E-state index contributed by atoms with van der Waals surface area (Å²) in [4.78, 5) is 5.65. The molecule has 98 valence electrons. The highest BCUT2D eigenvalue weighted by molar-refractivity contribution is 9.10. The predicted molar refractivity (Wildman–Crippen MR) is 77.4 cm³/mol. The van der Waals surface area contributed by atoms with E-state index in [-0.39, 0.29) is 11.7 Å². The first-order chi connectivity index (χ1) is 8.99. The third-order valence-electron chi connectivity index (χ3n) is 2.65. The van der Waals surface area contributed by atoms with E-state index < -0.39 is 5.82 Å². The van der Waals surface area contributed by atoms with Crippen LogP contribution in [0.4, 0.5) is 15.9 Å². The summed E-state index contributed by atoms with van der Waals surface area (Å²) in [5.41, 5.74) is 6.73. The molecular weight excluding hydrogens is 311 g/mol. The van der Waals surface area contributed by atoms with Gasteiger partial charge in [-0.15, -0.1) is 0 Å². The van der Waals surface area contributed by atoms with Crippen molar-refractivity contribution in [3.05, 3.63) is 52.4 Å². The van der Waals surface area contributed by atoms with Gasteiger partial charge in [0.15, 0.2) is 11.6 Å². The van der Waals surface area contributed by atoms with Crippen LogP contribution in [0.3, 0.4) is 0 Å². The van der Waals surface area contributed by atoms with Gasteiger partial charge in [0, 0.05) is 29.0 Å². The molecule has 0 saturated heterocycles. The summed E-state index contributed by atoms with van der Waals surface area (Å²) < 4.78 is 14.4. The molecule has 0 saturated carbocycles. The number of nitrogens with zero attached hydrogens (tertiary/aromatic N) is 2. The van der Waals surface area contributed by atoms with Crippen molar-refractivity contribution in [2.75, 3.05) is 11.9 Å². The van der Waals surface area contributed by atoms with Crippen LogP contribution in [0.2, 0.25) is 0 Å². The van der Waals surface area contributed by atoms with Gasteiger partial charge in [0.05, 0.1) is 0 Å². The number of nitrogens with one attached hydrogen (secondary N) is 1. The Kier molecular flexibility index (Phi) is 3.80. The SMILES string of the molecule is CN(c1cccc(C(=N)N)c1)c1ncc(Br)cc1F. The van der Waals surface area contributed by atoms with Crippen molar-refractivity contribution in [2.24, 2.45) is 5.73 Å². The van der Waals surface area contributed by atoms with Crippen molar-refractivity contribution < 1.29 is 4.39 Å². The molecular formula is C13H12BrFN4. The molecule has 3 N–H and O–H groups in total. The van der Waals surface area contributed by atoms with Gasteiger partial charge in [-0.1, -0.05) is 12.1 Å². The number of pyridine rings is 1. The first-order valence-electron chi connectivity index (χ1n) is 5.48. The van der Waals surface area contributed by atoms with Crippen LogP contribution in [-0.4, -0.2) is 17.9 Å². The maximum atomic E-state index is 13.8. The van der Waals surface area contributed by atoms with E-state index in [1.807, 2.05) is 0 Å². The molecule has 6 heteroatoms. The van der Waals surface area contributed by atoms with E-state index in [1.54, 1.807) is 36.2 Å². The lowest BCUT2D eigenvalue weighted by Gasteiger charge is -2.19. The van der Waals surface area contributed by atoms with Gasteiger partial charge in [-0.05, 0) is 34.1 Å². The van der Waals surface area contributed by atoms with Crippen molar-refractivity contribution in [3.63, 3.8) is 0 Å². The minimum Gasteiger partial charge on any atom is -0.384 e. The highest BCUT2D eigenvalue weighted by Gasteiger charge is 2.12. The molecule has 19 heavy (non-hydrogen) atoms. The fraction of sp³-hybridized carbons (Fsp3) is 0.0769. The number of nitrogen functional groups attached to an aromatic ring is 1. The number of anilines is 2. The number of benzene rings is 1. The summed E-state index contributed by atoms with van der Waals surface area (Å²) in [6.07, 6.45) is 1.53. The van der Waals surface area contributed by atoms with Crippen LogP contribution < -0.4 is 10.6 Å². The minimum atomic E-state index is -0.426. The predicted octanol–water partition coefficient (Wildman–Crippen LogP) is 3.04. The van der Waals surface area contributed by atoms with E-state index in [0.717, 1.165) is 0 Å². The Bertz CT molecular complexity index is 630. The molecule has 0 aliphatic rings. The summed E-state index contributed by atoms with van der Waals surface area (Å²) in [5, 5.41) is 7.41. The van der Waals surface area contributed by atoms with Crippen molar-refractivity contribution >= 4 is 33.3 Å². The molecule has 0 spiro atoms. The van der Waals surface area contributed by atoms with Crippen LogP contribution in [0.15, 0.2) is 41.0 Å². The van der Waals surface area contributed by atoms with E-state index in [4.69, 9.17) is 11.1 Å². The molecule has 0 fully saturated rings. The van der Waals surface area contributed by atoms with E-state index in [0.29, 0.717) is 15.7 Å². The fourth-order valence-corrected chi connectivity index (χ4v) is 1.96. The van der Waals surface area contributed by atoms with Crippen LogP contribution in [0.1, 0.15) is 5.56 Å². The number of hydrogen-bond donors (Lipinski definition) is 2. The van der Waals surface area contributed by atoms with E-state index in [1.165, 1.54) is 12.3 Å². The second-order valence-corrected chi connectivity index (χ2v) is 4.90. The van der Waals surface area contributed by atoms with Gasteiger partial charge in [-0.3, -0.25) is 5.41 Å². The molecule has 4 nitrogen and oxygen atoms in total. The van der Waals surface area contributed by atoms with E-state index >= 15 is 0 Å². The molecule has 1 heterocycles. The highest BCUT2D eigenvalue weighted by Crippen LogP contribution is 2.26.